The normalized spacial score (nSPS) is 15.9. The van der Waals surface area contributed by atoms with E-state index in [1.165, 1.54) is 18.4 Å². The molecule has 0 aliphatic heterocycles. The lowest BCUT2D eigenvalue weighted by atomic mass is 9.79. The van der Waals surface area contributed by atoms with Crippen LogP contribution in [0.25, 0.3) is 0 Å². The van der Waals surface area contributed by atoms with Gasteiger partial charge in [0.25, 0.3) is 0 Å². The summed E-state index contributed by atoms with van der Waals surface area (Å²) < 4.78 is 0. The number of nitrogens with zero attached hydrogens (tertiary/aromatic N) is 1. The van der Waals surface area contributed by atoms with E-state index in [2.05, 4.69) is 27.8 Å². The number of aryl methyl sites for hydroxylation is 1. The van der Waals surface area contributed by atoms with E-state index < -0.39 is 0 Å². The summed E-state index contributed by atoms with van der Waals surface area (Å²) in [6, 6.07) is 12.2. The molecule has 0 saturated heterocycles. The van der Waals surface area contributed by atoms with Crippen LogP contribution in [0.2, 0.25) is 5.02 Å². The second kappa shape index (κ2) is 7.49. The second-order valence-electron chi connectivity index (χ2n) is 6.52. The zero-order valence-electron chi connectivity index (χ0n) is 13.8. The molecule has 0 radical (unpaired) electrons. The number of hydrogen-bond donors (Lipinski definition) is 2. The molecule has 0 amide bonds. The Morgan fingerprint density at radius 3 is 2.75 bits per heavy atom. The first kappa shape index (κ1) is 17.2. The fourth-order valence-electron chi connectivity index (χ4n) is 3.45. The summed E-state index contributed by atoms with van der Waals surface area (Å²) in [5, 5.41) is 7.97. The molecular formula is C19H22ClN3S. The summed E-state index contributed by atoms with van der Waals surface area (Å²) in [5.41, 5.74) is 2.56. The van der Waals surface area contributed by atoms with E-state index in [9.17, 15) is 0 Å². The number of pyridine rings is 1. The van der Waals surface area contributed by atoms with Crippen LogP contribution in [0.15, 0.2) is 42.6 Å². The summed E-state index contributed by atoms with van der Waals surface area (Å²) >= 11 is 11.7. The van der Waals surface area contributed by atoms with Crippen molar-refractivity contribution in [2.75, 3.05) is 11.9 Å². The Labute approximate surface area is 153 Å². The lowest BCUT2D eigenvalue weighted by Crippen LogP contribution is -2.40. The average Bonchev–Trinajstić information content (AvgIpc) is 3.03. The third-order valence-corrected chi connectivity index (χ3v) is 5.22. The number of anilines is 1. The van der Waals surface area contributed by atoms with Crippen LogP contribution in [-0.2, 0) is 5.41 Å². The minimum atomic E-state index is 0.108. The summed E-state index contributed by atoms with van der Waals surface area (Å²) in [5.74, 6) is 0.774. The summed E-state index contributed by atoms with van der Waals surface area (Å²) in [7, 11) is 0. The molecule has 1 saturated carbocycles. The molecule has 1 aliphatic carbocycles. The molecule has 0 unspecified atom stereocenters. The van der Waals surface area contributed by atoms with Crippen LogP contribution in [0, 0.1) is 6.92 Å². The lowest BCUT2D eigenvalue weighted by molar-refractivity contribution is 0.435. The van der Waals surface area contributed by atoms with Crippen LogP contribution < -0.4 is 10.6 Å². The smallest absolute Gasteiger partial charge is 0.171 e. The van der Waals surface area contributed by atoms with E-state index in [-0.39, 0.29) is 5.41 Å². The minimum Gasteiger partial charge on any atom is -0.362 e. The summed E-state index contributed by atoms with van der Waals surface area (Å²) in [6.07, 6.45) is 6.59. The number of nitrogens with one attached hydrogen (secondary N) is 2. The van der Waals surface area contributed by atoms with Crippen molar-refractivity contribution < 1.29 is 0 Å². The third kappa shape index (κ3) is 4.05. The van der Waals surface area contributed by atoms with Gasteiger partial charge in [-0.25, -0.2) is 4.98 Å². The van der Waals surface area contributed by atoms with E-state index >= 15 is 0 Å². The number of benzene rings is 1. The maximum absolute atomic E-state index is 6.20. The highest BCUT2D eigenvalue weighted by atomic mass is 35.5. The van der Waals surface area contributed by atoms with Gasteiger partial charge < -0.3 is 10.6 Å². The van der Waals surface area contributed by atoms with Crippen molar-refractivity contribution in [1.29, 1.82) is 0 Å². The molecule has 0 spiro atoms. The van der Waals surface area contributed by atoms with Crippen LogP contribution >= 0.6 is 23.8 Å². The van der Waals surface area contributed by atoms with Gasteiger partial charge in [0.2, 0.25) is 0 Å². The molecule has 1 aromatic heterocycles. The summed E-state index contributed by atoms with van der Waals surface area (Å²) in [4.78, 5) is 4.29. The maximum atomic E-state index is 6.20. The van der Waals surface area contributed by atoms with Crippen molar-refractivity contribution in [3.8, 4) is 0 Å². The number of aromatic nitrogens is 1. The molecule has 3 rings (SSSR count). The van der Waals surface area contributed by atoms with Crippen LogP contribution in [0.4, 0.5) is 5.82 Å². The van der Waals surface area contributed by atoms with Gasteiger partial charge in [-0.1, -0.05) is 36.6 Å². The van der Waals surface area contributed by atoms with E-state index in [0.29, 0.717) is 5.11 Å². The lowest BCUT2D eigenvalue weighted by Gasteiger charge is -2.30. The maximum Gasteiger partial charge on any atom is 0.171 e. The van der Waals surface area contributed by atoms with Crippen LogP contribution in [0.5, 0.6) is 0 Å². The van der Waals surface area contributed by atoms with Gasteiger partial charge in [-0.15, -0.1) is 0 Å². The Morgan fingerprint density at radius 1 is 1.25 bits per heavy atom. The molecule has 2 N–H and O–H groups in total. The first-order valence-corrected chi connectivity index (χ1v) is 9.10. The number of thiocarbonyl (C=S) groups is 1. The second-order valence-corrected chi connectivity index (χ2v) is 7.37. The molecule has 24 heavy (non-hydrogen) atoms. The van der Waals surface area contributed by atoms with Gasteiger partial charge in [0, 0.05) is 23.2 Å². The number of hydrogen-bond acceptors (Lipinski definition) is 2. The molecule has 5 heteroatoms. The van der Waals surface area contributed by atoms with Gasteiger partial charge in [0.05, 0.1) is 0 Å². The molecule has 2 aromatic rings. The Balaban J connectivity index is 1.67. The molecule has 126 valence electrons. The fourth-order valence-corrected chi connectivity index (χ4v) is 3.82. The van der Waals surface area contributed by atoms with E-state index in [1.54, 1.807) is 6.20 Å². The Kier molecular flexibility index (Phi) is 5.36. The zero-order valence-corrected chi connectivity index (χ0v) is 15.4. The molecule has 1 heterocycles. The highest BCUT2D eigenvalue weighted by Gasteiger charge is 2.35. The van der Waals surface area contributed by atoms with Crippen molar-refractivity contribution in [3.05, 3.63) is 58.7 Å². The molecule has 0 bridgehead atoms. The van der Waals surface area contributed by atoms with Crippen molar-refractivity contribution in [2.24, 2.45) is 0 Å². The highest BCUT2D eigenvalue weighted by molar-refractivity contribution is 7.80. The predicted octanol–water partition coefficient (Wildman–Crippen LogP) is 4.84. The highest BCUT2D eigenvalue weighted by Crippen LogP contribution is 2.41. The fraction of sp³-hybridized carbons (Fsp3) is 0.368. The van der Waals surface area contributed by atoms with Gasteiger partial charge in [-0.3, -0.25) is 0 Å². The summed E-state index contributed by atoms with van der Waals surface area (Å²) in [6.45, 7) is 2.85. The van der Waals surface area contributed by atoms with Crippen LogP contribution in [0.1, 0.15) is 36.8 Å². The largest absolute Gasteiger partial charge is 0.362 e. The van der Waals surface area contributed by atoms with Crippen molar-refractivity contribution >= 4 is 34.7 Å². The van der Waals surface area contributed by atoms with Crippen molar-refractivity contribution in [3.63, 3.8) is 0 Å². The first-order chi connectivity index (χ1) is 11.6. The van der Waals surface area contributed by atoms with Gasteiger partial charge in [-0.2, -0.15) is 0 Å². The molecule has 1 fully saturated rings. The van der Waals surface area contributed by atoms with Gasteiger partial charge >= 0.3 is 0 Å². The minimum absolute atomic E-state index is 0.108. The quantitative estimate of drug-likeness (QED) is 0.766. The Bertz CT molecular complexity index is 726. The number of halogens is 1. The van der Waals surface area contributed by atoms with Gasteiger partial charge in [0.1, 0.15) is 5.82 Å². The molecule has 0 atom stereocenters. The Hall–Kier alpha value is -1.65. The standard InChI is InChI=1S/C19H22ClN3S/c1-14-7-10-21-17(11-14)23-18(24)22-13-19(8-2-3-9-19)15-5-4-6-16(20)12-15/h4-7,10-12H,2-3,8-9,13H2,1H3,(H2,21,22,23,24). The van der Waals surface area contributed by atoms with Crippen LogP contribution in [-0.4, -0.2) is 16.6 Å². The zero-order chi connectivity index (χ0) is 17.0. The van der Waals surface area contributed by atoms with Crippen molar-refractivity contribution in [1.82, 2.24) is 10.3 Å². The average molecular weight is 360 g/mol. The molecule has 3 nitrogen and oxygen atoms in total. The molecule has 1 aromatic carbocycles. The van der Waals surface area contributed by atoms with Crippen molar-refractivity contribution in [2.45, 2.75) is 38.0 Å². The Morgan fingerprint density at radius 2 is 2.04 bits per heavy atom. The predicted molar refractivity (Wildman–Crippen MR) is 105 cm³/mol. The van der Waals surface area contributed by atoms with Gasteiger partial charge in [-0.05, 0) is 67.4 Å². The van der Waals surface area contributed by atoms with E-state index in [4.69, 9.17) is 23.8 Å². The SMILES string of the molecule is Cc1ccnc(NC(=S)NCC2(c3cccc(Cl)c3)CCCC2)c1. The third-order valence-electron chi connectivity index (χ3n) is 4.74. The topological polar surface area (TPSA) is 37.0 Å². The van der Waals surface area contributed by atoms with E-state index in [0.717, 1.165) is 35.8 Å². The molecular weight excluding hydrogens is 338 g/mol. The number of rotatable bonds is 4. The molecule has 1 aliphatic rings. The first-order valence-electron chi connectivity index (χ1n) is 8.31. The van der Waals surface area contributed by atoms with Gasteiger partial charge in [0.15, 0.2) is 5.11 Å². The van der Waals surface area contributed by atoms with Crippen LogP contribution in [0.3, 0.4) is 0 Å². The van der Waals surface area contributed by atoms with E-state index in [1.807, 2.05) is 31.2 Å². The monoisotopic (exact) mass is 359 g/mol.